The van der Waals surface area contributed by atoms with Gasteiger partial charge in [0.15, 0.2) is 0 Å². The van der Waals surface area contributed by atoms with E-state index in [0.29, 0.717) is 52.2 Å². The molecule has 2 heterocycles. The Morgan fingerprint density at radius 2 is 1.74 bits per heavy atom. The van der Waals surface area contributed by atoms with Gasteiger partial charge in [-0.1, -0.05) is 72.9 Å². The minimum atomic E-state index is -0.391. The summed E-state index contributed by atoms with van der Waals surface area (Å²) < 4.78 is 15.4. The summed E-state index contributed by atoms with van der Waals surface area (Å²) in [4.78, 5) is 28.6. The van der Waals surface area contributed by atoms with E-state index in [0.717, 1.165) is 16.7 Å². The van der Waals surface area contributed by atoms with Crippen LogP contribution in [-0.2, 0) is 24.4 Å². The van der Waals surface area contributed by atoms with Gasteiger partial charge in [0.25, 0.3) is 11.5 Å². The Balaban J connectivity index is 1.76. The number of thiocarbonyl (C=S) groups is 1. The van der Waals surface area contributed by atoms with Crippen LogP contribution in [0.15, 0.2) is 58.2 Å². The third-order valence-corrected chi connectivity index (χ3v) is 7.68. The maximum atomic E-state index is 13.4. The molecule has 38 heavy (non-hydrogen) atoms. The molecule has 0 saturated carbocycles. The highest BCUT2D eigenvalue weighted by Crippen LogP contribution is 2.36. The van der Waals surface area contributed by atoms with Crippen LogP contribution in [0, 0.1) is 31.0 Å². The molecule has 194 valence electrons. The van der Waals surface area contributed by atoms with E-state index in [1.807, 2.05) is 44.2 Å². The van der Waals surface area contributed by atoms with E-state index < -0.39 is 5.56 Å². The van der Waals surface area contributed by atoms with Gasteiger partial charge in [-0.25, -0.2) is 4.39 Å². The molecule has 1 N–H and O–H groups in total. The molecule has 1 fully saturated rings. The average molecular weight is 547 g/mol. The van der Waals surface area contributed by atoms with Crippen molar-refractivity contribution < 1.29 is 9.18 Å². The van der Waals surface area contributed by atoms with Gasteiger partial charge in [0, 0.05) is 18.7 Å². The largest absolute Gasteiger partial charge is 0.367 e. The van der Waals surface area contributed by atoms with Crippen LogP contribution in [0.25, 0.3) is 6.08 Å². The molecule has 0 spiro atoms. The van der Waals surface area contributed by atoms with E-state index in [9.17, 15) is 19.2 Å². The number of halogens is 1. The zero-order valence-corrected chi connectivity index (χ0v) is 23.0. The number of aryl methyl sites for hydroxylation is 1. The van der Waals surface area contributed by atoms with Crippen molar-refractivity contribution in [2.45, 2.75) is 46.8 Å². The number of carbonyl (C=O) groups is 1. The highest BCUT2D eigenvalue weighted by molar-refractivity contribution is 8.26. The van der Waals surface area contributed by atoms with Gasteiger partial charge in [0.05, 0.1) is 11.4 Å². The molecule has 4 rings (SSSR count). The number of nitrogens with zero attached hydrogens (tertiary/aromatic N) is 3. The number of hydrogen-bond acceptors (Lipinski definition) is 6. The first-order chi connectivity index (χ1) is 18.2. The molecule has 1 aliphatic rings. The molecular weight excluding hydrogens is 519 g/mol. The summed E-state index contributed by atoms with van der Waals surface area (Å²) in [6, 6.07) is 16.0. The molecule has 1 aromatic heterocycles. The molecule has 6 nitrogen and oxygen atoms in total. The lowest BCUT2D eigenvalue weighted by Crippen LogP contribution is -2.28. The minimum absolute atomic E-state index is 0.0344. The number of rotatable bonds is 8. The van der Waals surface area contributed by atoms with Crippen molar-refractivity contribution in [3.05, 3.63) is 103 Å². The summed E-state index contributed by atoms with van der Waals surface area (Å²) in [5, 5.41) is 13.1. The SMILES string of the molecule is CCCn1c(NCc2ccc(F)cc2)c(/C=C2/SC(=S)N(Cc3ccc(C)cc3)C2=O)c(C)c(C#N)c1=O. The summed E-state index contributed by atoms with van der Waals surface area (Å²) in [5.41, 5.74) is 3.62. The number of benzene rings is 2. The molecule has 3 aromatic rings. The molecule has 1 amide bonds. The molecule has 0 atom stereocenters. The van der Waals surface area contributed by atoms with Gasteiger partial charge in [-0.05, 0) is 55.2 Å². The van der Waals surface area contributed by atoms with Crippen molar-refractivity contribution in [1.82, 2.24) is 9.47 Å². The third-order valence-electron chi connectivity index (χ3n) is 6.31. The highest BCUT2D eigenvalue weighted by Gasteiger charge is 2.33. The van der Waals surface area contributed by atoms with E-state index >= 15 is 0 Å². The zero-order chi connectivity index (χ0) is 27.4. The second kappa shape index (κ2) is 11.8. The quantitative estimate of drug-likeness (QED) is 0.280. The summed E-state index contributed by atoms with van der Waals surface area (Å²) in [5.74, 6) is -0.0584. The van der Waals surface area contributed by atoms with E-state index in [2.05, 4.69) is 5.32 Å². The summed E-state index contributed by atoms with van der Waals surface area (Å²) >= 11 is 6.74. The van der Waals surface area contributed by atoms with Gasteiger partial charge < -0.3 is 5.32 Å². The number of carbonyl (C=O) groups excluding carboxylic acids is 1. The fraction of sp³-hybridized carbons (Fsp3) is 0.241. The van der Waals surface area contributed by atoms with Gasteiger partial charge in [0.1, 0.15) is 27.6 Å². The predicted molar refractivity (Wildman–Crippen MR) is 154 cm³/mol. The number of pyridine rings is 1. The zero-order valence-electron chi connectivity index (χ0n) is 21.4. The van der Waals surface area contributed by atoms with Crippen LogP contribution in [0.2, 0.25) is 0 Å². The first-order valence-electron chi connectivity index (χ1n) is 12.2. The molecule has 2 aromatic carbocycles. The second-order valence-electron chi connectivity index (χ2n) is 9.06. The van der Waals surface area contributed by atoms with Crippen LogP contribution in [0.5, 0.6) is 0 Å². The first kappa shape index (κ1) is 27.3. The van der Waals surface area contributed by atoms with Crippen LogP contribution >= 0.6 is 24.0 Å². The van der Waals surface area contributed by atoms with Crippen molar-refractivity contribution in [3.8, 4) is 6.07 Å². The normalized spacial score (nSPS) is 14.3. The monoisotopic (exact) mass is 546 g/mol. The van der Waals surface area contributed by atoms with Crippen LogP contribution in [0.4, 0.5) is 10.2 Å². The molecule has 1 aliphatic heterocycles. The van der Waals surface area contributed by atoms with E-state index in [1.54, 1.807) is 30.0 Å². The van der Waals surface area contributed by atoms with Crippen LogP contribution < -0.4 is 10.9 Å². The van der Waals surface area contributed by atoms with Crippen molar-refractivity contribution in [2.24, 2.45) is 0 Å². The van der Waals surface area contributed by atoms with Crippen molar-refractivity contribution >= 4 is 46.1 Å². The smallest absolute Gasteiger partial charge is 0.270 e. The Bertz CT molecular complexity index is 1520. The van der Waals surface area contributed by atoms with Gasteiger partial charge in [0.2, 0.25) is 0 Å². The molecule has 0 radical (unpaired) electrons. The molecule has 0 bridgehead atoms. The molecular formula is C29H27FN4O2S2. The van der Waals surface area contributed by atoms with Crippen LogP contribution in [0.3, 0.4) is 0 Å². The lowest BCUT2D eigenvalue weighted by Gasteiger charge is -2.20. The minimum Gasteiger partial charge on any atom is -0.367 e. The molecule has 0 unspecified atom stereocenters. The van der Waals surface area contributed by atoms with Crippen molar-refractivity contribution in [2.75, 3.05) is 5.32 Å². The number of nitrogens with one attached hydrogen (secondary N) is 1. The number of amides is 1. The van der Waals surface area contributed by atoms with E-state index in [-0.39, 0.29) is 17.3 Å². The second-order valence-corrected chi connectivity index (χ2v) is 10.7. The number of anilines is 1. The number of thioether (sulfide) groups is 1. The van der Waals surface area contributed by atoms with Crippen molar-refractivity contribution in [3.63, 3.8) is 0 Å². The Labute approximate surface area is 230 Å². The third kappa shape index (κ3) is 5.72. The topological polar surface area (TPSA) is 78.1 Å². The standard InChI is InChI=1S/C29H27FN4O2S2/c1-4-13-33-26(32-16-20-9-11-22(30)12-10-20)23(19(3)24(15-31)27(33)35)14-25-28(36)34(29(37)38-25)17-21-7-5-18(2)6-8-21/h5-12,14,32H,4,13,16-17H2,1-3H3/b25-14+. The fourth-order valence-electron chi connectivity index (χ4n) is 4.22. The molecule has 1 saturated heterocycles. The summed E-state index contributed by atoms with van der Waals surface area (Å²) in [6.07, 6.45) is 2.38. The number of hydrogen-bond donors (Lipinski definition) is 1. The van der Waals surface area contributed by atoms with Crippen molar-refractivity contribution in [1.29, 1.82) is 5.26 Å². The maximum Gasteiger partial charge on any atom is 0.270 e. The van der Waals surface area contributed by atoms with E-state index in [1.165, 1.54) is 28.5 Å². The Morgan fingerprint density at radius 3 is 2.37 bits per heavy atom. The maximum absolute atomic E-state index is 13.4. The lowest BCUT2D eigenvalue weighted by molar-refractivity contribution is -0.122. The number of aromatic nitrogens is 1. The Morgan fingerprint density at radius 1 is 1.08 bits per heavy atom. The van der Waals surface area contributed by atoms with Gasteiger partial charge >= 0.3 is 0 Å². The molecule has 0 aliphatic carbocycles. The highest BCUT2D eigenvalue weighted by atomic mass is 32.2. The summed E-state index contributed by atoms with van der Waals surface area (Å²) in [7, 11) is 0. The molecule has 9 heteroatoms. The first-order valence-corrected chi connectivity index (χ1v) is 13.4. The van der Waals surface area contributed by atoms with E-state index in [4.69, 9.17) is 12.2 Å². The van der Waals surface area contributed by atoms with Gasteiger partial charge in [-0.15, -0.1) is 0 Å². The Kier molecular flexibility index (Phi) is 8.45. The lowest BCUT2D eigenvalue weighted by atomic mass is 10.0. The Hall–Kier alpha value is -3.74. The van der Waals surface area contributed by atoms with Gasteiger partial charge in [-0.3, -0.25) is 19.1 Å². The van der Waals surface area contributed by atoms with Crippen LogP contribution in [-0.4, -0.2) is 19.7 Å². The fourth-order valence-corrected chi connectivity index (χ4v) is 5.46. The van der Waals surface area contributed by atoms with Crippen LogP contribution in [0.1, 0.15) is 46.7 Å². The average Bonchev–Trinajstić information content (AvgIpc) is 3.16. The predicted octanol–water partition coefficient (Wildman–Crippen LogP) is 5.90. The van der Waals surface area contributed by atoms with Gasteiger partial charge in [-0.2, -0.15) is 5.26 Å². The summed E-state index contributed by atoms with van der Waals surface area (Å²) in [6.45, 7) is 6.72. The number of nitriles is 1.